The van der Waals surface area contributed by atoms with E-state index in [9.17, 15) is 4.79 Å². The number of hydrogen-bond donors (Lipinski definition) is 2. The average Bonchev–Trinajstić information content (AvgIpc) is 3.45. The van der Waals surface area contributed by atoms with Gasteiger partial charge in [0.05, 0.1) is 12.8 Å². The van der Waals surface area contributed by atoms with Crippen LogP contribution < -0.4 is 20.7 Å². The highest BCUT2D eigenvalue weighted by molar-refractivity contribution is 7.16. The second kappa shape index (κ2) is 7.72. The Balaban J connectivity index is 1.51. The first-order valence-corrected chi connectivity index (χ1v) is 11.6. The molecule has 2 aromatic heterocycles. The zero-order chi connectivity index (χ0) is 21.7. The second-order valence-corrected chi connectivity index (χ2v) is 9.11. The van der Waals surface area contributed by atoms with Crippen molar-refractivity contribution in [2.45, 2.75) is 38.5 Å². The van der Waals surface area contributed by atoms with Gasteiger partial charge in [-0.3, -0.25) is 4.79 Å². The molecule has 0 aliphatic carbocycles. The van der Waals surface area contributed by atoms with Gasteiger partial charge in [0.2, 0.25) is 0 Å². The van der Waals surface area contributed by atoms with Crippen LogP contribution in [0.25, 0.3) is 10.3 Å². The molecule has 1 saturated heterocycles. The van der Waals surface area contributed by atoms with Gasteiger partial charge in [-0.25, -0.2) is 4.98 Å². The van der Waals surface area contributed by atoms with Crippen molar-refractivity contribution in [1.29, 1.82) is 0 Å². The maximum absolute atomic E-state index is 13.2. The molecule has 164 valence electrons. The molecule has 1 unspecified atom stereocenters. The van der Waals surface area contributed by atoms with Gasteiger partial charge in [0.15, 0.2) is 12.0 Å². The summed E-state index contributed by atoms with van der Waals surface area (Å²) in [6.45, 7) is 4.31. The van der Waals surface area contributed by atoms with E-state index in [1.165, 1.54) is 4.83 Å². The summed E-state index contributed by atoms with van der Waals surface area (Å²) in [5, 5.41) is 5.65. The van der Waals surface area contributed by atoms with E-state index in [1.54, 1.807) is 18.4 Å². The predicted octanol–water partition coefficient (Wildman–Crippen LogP) is 3.25. The second-order valence-electron chi connectivity index (χ2n) is 8.21. The smallest absolute Gasteiger partial charge is 0.254 e. The Morgan fingerprint density at radius 3 is 3.00 bits per heavy atom. The number of nitrogens with one attached hydrogen (secondary N) is 1. The molecule has 3 aromatic rings. The van der Waals surface area contributed by atoms with E-state index >= 15 is 0 Å². The zero-order valence-electron chi connectivity index (χ0n) is 18.1. The summed E-state index contributed by atoms with van der Waals surface area (Å²) >= 11 is 1.70. The van der Waals surface area contributed by atoms with Crippen LogP contribution in [-0.2, 0) is 6.54 Å². The number of ether oxygens (including phenoxy) is 1. The molecule has 5 rings (SSSR count). The largest absolute Gasteiger partial charge is 0.494 e. The molecule has 1 amide bonds. The summed E-state index contributed by atoms with van der Waals surface area (Å²) < 4.78 is 7.95. The van der Waals surface area contributed by atoms with Crippen molar-refractivity contribution in [1.82, 2.24) is 14.5 Å². The summed E-state index contributed by atoms with van der Waals surface area (Å²) in [6.07, 6.45) is 1.76. The van der Waals surface area contributed by atoms with Gasteiger partial charge in [-0.2, -0.15) is 0 Å². The highest BCUT2D eigenvalue weighted by Crippen LogP contribution is 2.47. The predicted molar refractivity (Wildman–Crippen MR) is 124 cm³/mol. The fraction of sp³-hybridized carbons (Fsp3) is 0.455. The number of piperidine rings is 1. The van der Waals surface area contributed by atoms with Crippen molar-refractivity contribution in [3.63, 3.8) is 0 Å². The number of amides is 1. The van der Waals surface area contributed by atoms with Gasteiger partial charge >= 0.3 is 0 Å². The number of carbonyl (C=O) groups is 1. The van der Waals surface area contributed by atoms with Gasteiger partial charge in [-0.05, 0) is 43.3 Å². The SMILES string of the molecule is CCn1c(C2Nc3cc(C(=O)N4CCC[C@@H](N)C4)cc(OC)c3N2C)nc2ccsc21. The third-order valence-electron chi connectivity index (χ3n) is 6.26. The quantitative estimate of drug-likeness (QED) is 0.647. The number of aromatic nitrogens is 2. The van der Waals surface area contributed by atoms with E-state index in [-0.39, 0.29) is 18.1 Å². The fourth-order valence-corrected chi connectivity index (χ4v) is 5.64. The lowest BCUT2D eigenvalue weighted by Gasteiger charge is -2.31. The lowest BCUT2D eigenvalue weighted by atomic mass is 10.0. The van der Waals surface area contributed by atoms with Gasteiger partial charge in [0, 0.05) is 38.3 Å². The monoisotopic (exact) mass is 440 g/mol. The van der Waals surface area contributed by atoms with E-state index < -0.39 is 0 Å². The van der Waals surface area contributed by atoms with Crippen LogP contribution in [0.15, 0.2) is 23.6 Å². The molecular weight excluding hydrogens is 412 g/mol. The van der Waals surface area contributed by atoms with Gasteiger partial charge in [0.25, 0.3) is 5.91 Å². The van der Waals surface area contributed by atoms with Crippen LogP contribution >= 0.6 is 11.3 Å². The molecule has 0 spiro atoms. The molecule has 2 aliphatic rings. The van der Waals surface area contributed by atoms with Gasteiger partial charge in [0.1, 0.15) is 21.8 Å². The molecule has 4 heterocycles. The Bertz CT molecular complexity index is 1140. The standard InChI is InChI=1S/C22H28N6O2S/c1-4-28-20(24-15-7-9-31-22(15)28)19-25-16-10-13(11-17(30-3)18(16)26(19)2)21(29)27-8-5-6-14(23)12-27/h7,9-11,14,19,25H,4-6,8,12,23H2,1-3H3/t14-,19?/m1/s1. The van der Waals surface area contributed by atoms with Crippen molar-refractivity contribution in [2.24, 2.45) is 5.73 Å². The number of hydrogen-bond acceptors (Lipinski definition) is 7. The van der Waals surface area contributed by atoms with Gasteiger partial charge < -0.3 is 30.2 Å². The number of nitrogens with zero attached hydrogens (tertiary/aromatic N) is 4. The molecule has 2 atom stereocenters. The molecule has 0 radical (unpaired) electrons. The normalized spacial score (nSPS) is 20.8. The van der Waals surface area contributed by atoms with Gasteiger partial charge in [-0.1, -0.05) is 0 Å². The zero-order valence-corrected chi connectivity index (χ0v) is 18.9. The van der Waals surface area contributed by atoms with Crippen molar-refractivity contribution >= 4 is 39.0 Å². The highest BCUT2D eigenvalue weighted by atomic mass is 32.1. The first-order chi connectivity index (χ1) is 15.0. The van der Waals surface area contributed by atoms with Crippen LogP contribution in [0.2, 0.25) is 0 Å². The van der Waals surface area contributed by atoms with Crippen molar-refractivity contribution in [3.05, 3.63) is 35.0 Å². The molecule has 1 fully saturated rings. The number of anilines is 2. The van der Waals surface area contributed by atoms with Crippen molar-refractivity contribution in [3.8, 4) is 5.75 Å². The molecule has 9 heteroatoms. The molecule has 8 nitrogen and oxygen atoms in total. The minimum absolute atomic E-state index is 0.000255. The maximum Gasteiger partial charge on any atom is 0.254 e. The third-order valence-corrected chi connectivity index (χ3v) is 7.19. The lowest BCUT2D eigenvalue weighted by Crippen LogP contribution is -2.45. The number of imidazole rings is 1. The fourth-order valence-electron chi connectivity index (χ4n) is 4.73. The summed E-state index contributed by atoms with van der Waals surface area (Å²) in [5.74, 6) is 1.63. The number of methoxy groups -OCH3 is 1. The number of likely N-dealkylation sites (tertiary alicyclic amines) is 1. The third kappa shape index (κ3) is 3.23. The van der Waals surface area contributed by atoms with Crippen LogP contribution in [0, 0.1) is 0 Å². The van der Waals surface area contributed by atoms with E-state index in [0.29, 0.717) is 17.9 Å². The Morgan fingerprint density at radius 2 is 2.26 bits per heavy atom. The molecule has 31 heavy (non-hydrogen) atoms. The minimum atomic E-state index is -0.141. The maximum atomic E-state index is 13.2. The first kappa shape index (κ1) is 20.1. The Morgan fingerprint density at radius 1 is 1.42 bits per heavy atom. The average molecular weight is 441 g/mol. The molecule has 0 bridgehead atoms. The topological polar surface area (TPSA) is 88.7 Å². The minimum Gasteiger partial charge on any atom is -0.494 e. The molecule has 2 aliphatic heterocycles. The molecule has 1 aromatic carbocycles. The number of fused-ring (bicyclic) bond motifs is 2. The lowest BCUT2D eigenvalue weighted by molar-refractivity contribution is 0.0708. The van der Waals surface area contributed by atoms with Crippen LogP contribution in [0.5, 0.6) is 5.75 Å². The van der Waals surface area contributed by atoms with E-state index in [2.05, 4.69) is 33.2 Å². The Labute approximate surface area is 185 Å². The Kier molecular flexibility index (Phi) is 5.02. The molecule has 0 saturated carbocycles. The summed E-state index contributed by atoms with van der Waals surface area (Å²) in [7, 11) is 3.67. The molecule has 3 N–H and O–H groups in total. The Hall–Kier alpha value is -2.78. The number of benzene rings is 1. The van der Waals surface area contributed by atoms with Crippen molar-refractivity contribution in [2.75, 3.05) is 37.5 Å². The number of thiophene rings is 1. The first-order valence-electron chi connectivity index (χ1n) is 10.7. The van der Waals surface area contributed by atoms with E-state index in [4.69, 9.17) is 15.5 Å². The van der Waals surface area contributed by atoms with Crippen LogP contribution in [0.4, 0.5) is 11.4 Å². The van der Waals surface area contributed by atoms with E-state index in [1.807, 2.05) is 24.1 Å². The number of nitrogens with two attached hydrogens (primary N) is 1. The van der Waals surface area contributed by atoms with Gasteiger partial charge in [-0.15, -0.1) is 11.3 Å². The summed E-state index contributed by atoms with van der Waals surface area (Å²) in [6, 6.07) is 5.87. The highest BCUT2D eigenvalue weighted by Gasteiger charge is 2.35. The van der Waals surface area contributed by atoms with Crippen LogP contribution in [-0.4, -0.2) is 53.6 Å². The molecular formula is C22H28N6O2S. The van der Waals surface area contributed by atoms with Crippen molar-refractivity contribution < 1.29 is 9.53 Å². The summed E-state index contributed by atoms with van der Waals surface area (Å²) in [5.41, 5.74) is 9.54. The summed E-state index contributed by atoms with van der Waals surface area (Å²) in [4.78, 5) is 23.2. The van der Waals surface area contributed by atoms with Crippen LogP contribution in [0.3, 0.4) is 0 Å². The number of aryl methyl sites for hydroxylation is 1. The number of rotatable bonds is 4. The van der Waals surface area contributed by atoms with Crippen LogP contribution in [0.1, 0.15) is 42.1 Å². The van der Waals surface area contributed by atoms with E-state index in [0.717, 1.165) is 48.6 Å². The number of carbonyl (C=O) groups excluding carboxylic acids is 1.